The lowest BCUT2D eigenvalue weighted by molar-refractivity contribution is 0.488. The second-order valence-electron chi connectivity index (χ2n) is 3.73. The van der Waals surface area contributed by atoms with E-state index in [1.54, 1.807) is 0 Å². The highest BCUT2D eigenvalue weighted by Crippen LogP contribution is 2.16. The Hall–Kier alpha value is -1.03. The summed E-state index contributed by atoms with van der Waals surface area (Å²) in [6.45, 7) is 1.85. The first kappa shape index (κ1) is 12.0. The molecule has 1 aromatic rings. The number of rotatable bonds is 4. The molecule has 0 aliphatic heterocycles. The smallest absolute Gasteiger partial charge is 0.161 e. The SMILES string of the molecule is C[C@@H](N)CCCc1cc(F)c(F)cc1F. The number of nitrogens with two attached hydrogens (primary N) is 1. The van der Waals surface area contributed by atoms with Gasteiger partial charge in [0.2, 0.25) is 0 Å². The fraction of sp³-hybridized carbons (Fsp3) is 0.455. The Morgan fingerprint density at radius 3 is 2.33 bits per heavy atom. The monoisotopic (exact) mass is 217 g/mol. The van der Waals surface area contributed by atoms with Crippen molar-refractivity contribution in [2.45, 2.75) is 32.2 Å². The third-order valence-corrected chi connectivity index (χ3v) is 2.19. The summed E-state index contributed by atoms with van der Waals surface area (Å²) in [6, 6.07) is 1.53. The van der Waals surface area contributed by atoms with E-state index in [-0.39, 0.29) is 11.6 Å². The molecule has 0 aliphatic rings. The first-order chi connectivity index (χ1) is 7.00. The van der Waals surface area contributed by atoms with E-state index in [4.69, 9.17) is 5.73 Å². The van der Waals surface area contributed by atoms with Crippen molar-refractivity contribution in [1.29, 1.82) is 0 Å². The Labute approximate surface area is 87.1 Å². The van der Waals surface area contributed by atoms with E-state index in [1.807, 2.05) is 6.92 Å². The zero-order chi connectivity index (χ0) is 11.4. The molecule has 4 heteroatoms. The predicted octanol–water partition coefficient (Wildman–Crippen LogP) is 2.77. The summed E-state index contributed by atoms with van der Waals surface area (Å²) in [6.07, 6.45) is 1.78. The quantitative estimate of drug-likeness (QED) is 0.771. The molecule has 0 heterocycles. The van der Waals surface area contributed by atoms with E-state index in [0.29, 0.717) is 18.9 Å². The van der Waals surface area contributed by atoms with Crippen LogP contribution < -0.4 is 5.73 Å². The van der Waals surface area contributed by atoms with Gasteiger partial charge in [0.15, 0.2) is 11.6 Å². The fourth-order valence-electron chi connectivity index (χ4n) is 1.37. The molecule has 0 saturated heterocycles. The Balaban J connectivity index is 2.65. The minimum atomic E-state index is -1.15. The van der Waals surface area contributed by atoms with E-state index in [9.17, 15) is 13.2 Å². The Morgan fingerprint density at radius 1 is 1.13 bits per heavy atom. The van der Waals surface area contributed by atoms with E-state index in [0.717, 1.165) is 12.5 Å². The van der Waals surface area contributed by atoms with Crippen LogP contribution in [0.4, 0.5) is 13.2 Å². The second kappa shape index (κ2) is 5.16. The number of benzene rings is 1. The van der Waals surface area contributed by atoms with Crippen molar-refractivity contribution in [3.05, 3.63) is 35.1 Å². The number of halogens is 3. The van der Waals surface area contributed by atoms with E-state index >= 15 is 0 Å². The van der Waals surface area contributed by atoms with Crippen LogP contribution in [0.5, 0.6) is 0 Å². The van der Waals surface area contributed by atoms with Crippen LogP contribution in [0.3, 0.4) is 0 Å². The van der Waals surface area contributed by atoms with Crippen molar-refractivity contribution in [2.75, 3.05) is 0 Å². The third-order valence-electron chi connectivity index (χ3n) is 2.19. The zero-order valence-electron chi connectivity index (χ0n) is 8.56. The maximum Gasteiger partial charge on any atom is 0.161 e. The maximum absolute atomic E-state index is 13.1. The van der Waals surface area contributed by atoms with Gasteiger partial charge in [-0.25, -0.2) is 13.2 Å². The third kappa shape index (κ3) is 3.55. The van der Waals surface area contributed by atoms with Gasteiger partial charge in [0.05, 0.1) is 0 Å². The van der Waals surface area contributed by atoms with Gasteiger partial charge >= 0.3 is 0 Å². The van der Waals surface area contributed by atoms with Gasteiger partial charge in [-0.05, 0) is 37.8 Å². The van der Waals surface area contributed by atoms with Crippen LogP contribution in [-0.4, -0.2) is 6.04 Å². The summed E-state index contributed by atoms with van der Waals surface area (Å²) in [5, 5.41) is 0. The van der Waals surface area contributed by atoms with Crippen LogP contribution in [0.1, 0.15) is 25.3 Å². The molecule has 15 heavy (non-hydrogen) atoms. The van der Waals surface area contributed by atoms with Crippen molar-refractivity contribution >= 4 is 0 Å². The highest BCUT2D eigenvalue weighted by Gasteiger charge is 2.09. The van der Waals surface area contributed by atoms with Crippen LogP contribution in [0, 0.1) is 17.5 Å². The van der Waals surface area contributed by atoms with Crippen LogP contribution in [0.2, 0.25) is 0 Å². The molecule has 0 spiro atoms. The van der Waals surface area contributed by atoms with Gasteiger partial charge in [-0.15, -0.1) is 0 Å². The largest absolute Gasteiger partial charge is 0.328 e. The topological polar surface area (TPSA) is 26.0 Å². The lowest BCUT2D eigenvalue weighted by Crippen LogP contribution is -2.14. The minimum absolute atomic E-state index is 0.0401. The molecule has 0 amide bonds. The second-order valence-corrected chi connectivity index (χ2v) is 3.73. The molecule has 0 aromatic heterocycles. The lowest BCUT2D eigenvalue weighted by atomic mass is 10.1. The molecule has 1 nitrogen and oxygen atoms in total. The summed E-state index contributed by atoms with van der Waals surface area (Å²) in [5.74, 6) is -2.85. The molecule has 0 radical (unpaired) electrons. The zero-order valence-corrected chi connectivity index (χ0v) is 8.56. The number of aryl methyl sites for hydroxylation is 1. The van der Waals surface area contributed by atoms with Crippen LogP contribution in [0.15, 0.2) is 12.1 Å². The molecular formula is C11H14F3N. The highest BCUT2D eigenvalue weighted by molar-refractivity contribution is 5.20. The van der Waals surface area contributed by atoms with Gasteiger partial charge in [-0.3, -0.25) is 0 Å². The fourth-order valence-corrected chi connectivity index (χ4v) is 1.37. The first-order valence-corrected chi connectivity index (χ1v) is 4.89. The molecule has 0 unspecified atom stereocenters. The van der Waals surface area contributed by atoms with Gasteiger partial charge in [-0.1, -0.05) is 0 Å². The molecule has 2 N–H and O–H groups in total. The average molecular weight is 217 g/mol. The maximum atomic E-state index is 13.1. The molecule has 1 atom stereocenters. The highest BCUT2D eigenvalue weighted by atomic mass is 19.2. The van der Waals surface area contributed by atoms with Crippen molar-refractivity contribution in [3.8, 4) is 0 Å². The summed E-state index contributed by atoms with van der Waals surface area (Å²) in [7, 11) is 0. The molecule has 0 bridgehead atoms. The van der Waals surface area contributed by atoms with Gasteiger partial charge in [0.1, 0.15) is 5.82 Å². The molecule has 0 saturated carbocycles. The summed E-state index contributed by atoms with van der Waals surface area (Å²) in [5.41, 5.74) is 5.72. The number of hydrogen-bond acceptors (Lipinski definition) is 1. The minimum Gasteiger partial charge on any atom is -0.328 e. The molecule has 0 fully saturated rings. The Morgan fingerprint density at radius 2 is 1.73 bits per heavy atom. The van der Waals surface area contributed by atoms with Crippen molar-refractivity contribution in [2.24, 2.45) is 5.73 Å². The van der Waals surface area contributed by atoms with Gasteiger partial charge in [-0.2, -0.15) is 0 Å². The Bertz CT molecular complexity index is 337. The van der Waals surface area contributed by atoms with Crippen LogP contribution in [0.25, 0.3) is 0 Å². The standard InChI is InChI=1S/C11H14F3N/c1-7(15)3-2-4-8-5-10(13)11(14)6-9(8)12/h5-7H,2-4,15H2,1H3/t7-/m1/s1. The summed E-state index contributed by atoms with van der Waals surface area (Å²) in [4.78, 5) is 0. The van der Waals surface area contributed by atoms with Gasteiger partial charge in [0.25, 0.3) is 0 Å². The molecule has 1 rings (SSSR count). The molecule has 0 aliphatic carbocycles. The van der Waals surface area contributed by atoms with Gasteiger partial charge < -0.3 is 5.73 Å². The first-order valence-electron chi connectivity index (χ1n) is 4.89. The number of hydrogen-bond donors (Lipinski definition) is 1. The van der Waals surface area contributed by atoms with E-state index in [1.165, 1.54) is 0 Å². The molecular weight excluding hydrogens is 203 g/mol. The van der Waals surface area contributed by atoms with Crippen molar-refractivity contribution < 1.29 is 13.2 Å². The summed E-state index contributed by atoms with van der Waals surface area (Å²) >= 11 is 0. The normalized spacial score (nSPS) is 12.9. The van der Waals surface area contributed by atoms with E-state index < -0.39 is 17.5 Å². The van der Waals surface area contributed by atoms with Crippen molar-refractivity contribution in [1.82, 2.24) is 0 Å². The molecule has 84 valence electrons. The predicted molar refractivity (Wildman–Crippen MR) is 52.9 cm³/mol. The van der Waals surface area contributed by atoms with Crippen LogP contribution in [-0.2, 0) is 6.42 Å². The van der Waals surface area contributed by atoms with Gasteiger partial charge in [0, 0.05) is 12.1 Å². The average Bonchev–Trinajstić information content (AvgIpc) is 2.13. The van der Waals surface area contributed by atoms with E-state index in [2.05, 4.69) is 0 Å². The summed E-state index contributed by atoms with van der Waals surface area (Å²) < 4.78 is 38.5. The Kier molecular flexibility index (Phi) is 4.15. The van der Waals surface area contributed by atoms with Crippen LogP contribution >= 0.6 is 0 Å². The lowest BCUT2D eigenvalue weighted by Gasteiger charge is -2.06. The molecule has 1 aromatic carbocycles. The van der Waals surface area contributed by atoms with Crippen molar-refractivity contribution in [3.63, 3.8) is 0 Å².